The van der Waals surface area contributed by atoms with Gasteiger partial charge in [0.1, 0.15) is 17.4 Å². The van der Waals surface area contributed by atoms with E-state index in [1.54, 1.807) is 12.5 Å². The molecule has 5 aromatic rings. The van der Waals surface area contributed by atoms with Gasteiger partial charge in [0.25, 0.3) is 5.91 Å². The van der Waals surface area contributed by atoms with Crippen molar-refractivity contribution in [3.63, 3.8) is 0 Å². The molecule has 4 aromatic heterocycles. The first-order chi connectivity index (χ1) is 16.8. The maximum atomic E-state index is 13.9. The average molecular weight is 453 g/mol. The van der Waals surface area contributed by atoms with E-state index in [2.05, 4.69) is 26.0 Å². The van der Waals surface area contributed by atoms with Crippen LogP contribution in [0, 0.1) is 0 Å². The molecule has 1 fully saturated rings. The van der Waals surface area contributed by atoms with Crippen molar-refractivity contribution in [2.24, 2.45) is 0 Å². The van der Waals surface area contributed by atoms with Crippen LogP contribution in [0.5, 0.6) is 0 Å². The summed E-state index contributed by atoms with van der Waals surface area (Å²) in [5.74, 6) is 0.651. The van der Waals surface area contributed by atoms with Gasteiger partial charge in [0.2, 0.25) is 0 Å². The highest BCUT2D eigenvalue weighted by atomic mass is 16.3. The molecule has 1 aromatic carbocycles. The number of imidazole rings is 1. The quantitative estimate of drug-likeness (QED) is 0.444. The van der Waals surface area contributed by atoms with Crippen LogP contribution in [0.4, 0.5) is 5.69 Å². The Morgan fingerprint density at radius 3 is 2.85 bits per heavy atom. The van der Waals surface area contributed by atoms with Crippen molar-refractivity contribution < 1.29 is 9.21 Å². The topological polar surface area (TPSA) is 82.7 Å². The zero-order chi connectivity index (χ0) is 22.6. The lowest BCUT2D eigenvalue weighted by molar-refractivity contribution is 0.0675. The van der Waals surface area contributed by atoms with E-state index < -0.39 is 6.04 Å². The summed E-state index contributed by atoms with van der Waals surface area (Å²) in [5, 5.41) is 5.54. The number of amides is 1. The van der Waals surface area contributed by atoms with E-state index >= 15 is 0 Å². The predicted octanol–water partition coefficient (Wildman–Crippen LogP) is 4.19. The lowest BCUT2D eigenvalue weighted by Gasteiger charge is -2.33. The van der Waals surface area contributed by atoms with Crippen molar-refractivity contribution >= 4 is 28.1 Å². The summed E-state index contributed by atoms with van der Waals surface area (Å²) >= 11 is 0. The number of pyridine rings is 1. The summed E-state index contributed by atoms with van der Waals surface area (Å²) in [4.78, 5) is 26.0. The third-order valence-electron chi connectivity index (χ3n) is 7.10. The molecule has 0 radical (unpaired) electrons. The van der Waals surface area contributed by atoms with Gasteiger partial charge >= 0.3 is 0 Å². The number of fused-ring (bicyclic) bond motifs is 3. The zero-order valence-electron chi connectivity index (χ0n) is 18.6. The fraction of sp³-hybridized carbons (Fsp3) is 0.269. The van der Waals surface area contributed by atoms with Gasteiger partial charge in [-0.2, -0.15) is 5.10 Å². The molecule has 2 aliphatic heterocycles. The van der Waals surface area contributed by atoms with Gasteiger partial charge in [-0.05, 0) is 37.1 Å². The van der Waals surface area contributed by atoms with Crippen molar-refractivity contribution in [2.45, 2.75) is 25.3 Å². The fourth-order valence-electron chi connectivity index (χ4n) is 5.38. The largest absolute Gasteiger partial charge is 0.458 e. The molecule has 0 unspecified atom stereocenters. The zero-order valence-corrected chi connectivity index (χ0v) is 18.6. The molecule has 1 atom stereocenters. The van der Waals surface area contributed by atoms with Crippen LogP contribution >= 0.6 is 0 Å². The Morgan fingerprint density at radius 1 is 1.09 bits per heavy atom. The third kappa shape index (κ3) is 2.95. The molecule has 1 saturated heterocycles. The maximum Gasteiger partial charge on any atom is 0.258 e. The second-order valence-corrected chi connectivity index (χ2v) is 9.07. The standard InChI is InChI=1S/C26H24N6O2/c33-26(19-14-29-32-15-18(7-8-21(19)32)30-10-3-4-11-30)31-12-9-20-24(28-16-27-20)25(31)23-13-17-5-1-2-6-22(17)34-23/h1-2,5-8,13-16,25H,3-4,9-12H2,(H,27,28)/t25-/m1/s1. The smallest absolute Gasteiger partial charge is 0.258 e. The summed E-state index contributed by atoms with van der Waals surface area (Å²) in [5.41, 5.74) is 5.23. The third-order valence-corrected chi connectivity index (χ3v) is 7.10. The van der Waals surface area contributed by atoms with Crippen LogP contribution in [0.2, 0.25) is 0 Å². The molecule has 1 N–H and O–H groups in total. The van der Waals surface area contributed by atoms with Crippen molar-refractivity contribution in [2.75, 3.05) is 24.5 Å². The maximum absolute atomic E-state index is 13.9. The molecule has 170 valence electrons. The van der Waals surface area contributed by atoms with Gasteiger partial charge in [-0.1, -0.05) is 18.2 Å². The predicted molar refractivity (Wildman–Crippen MR) is 128 cm³/mol. The Balaban J connectivity index is 1.29. The number of furan rings is 1. The number of aromatic amines is 1. The van der Waals surface area contributed by atoms with E-state index in [0.717, 1.165) is 58.8 Å². The number of anilines is 1. The molecule has 0 aliphatic carbocycles. The lowest BCUT2D eigenvalue weighted by Crippen LogP contribution is -2.40. The molecule has 1 amide bonds. The minimum Gasteiger partial charge on any atom is -0.458 e. The van der Waals surface area contributed by atoms with Crippen molar-refractivity contribution in [1.29, 1.82) is 0 Å². The average Bonchev–Trinajstić information content (AvgIpc) is 3.67. The minimum atomic E-state index is -0.395. The lowest BCUT2D eigenvalue weighted by atomic mass is 9.99. The first-order valence-electron chi connectivity index (χ1n) is 11.8. The van der Waals surface area contributed by atoms with Gasteiger partial charge in [-0.25, -0.2) is 9.50 Å². The second kappa shape index (κ2) is 7.48. The highest BCUT2D eigenvalue weighted by molar-refractivity contribution is 6.01. The number of hydrogen-bond donors (Lipinski definition) is 1. The fourth-order valence-corrected chi connectivity index (χ4v) is 5.38. The second-order valence-electron chi connectivity index (χ2n) is 9.07. The molecule has 0 bridgehead atoms. The van der Waals surface area contributed by atoms with E-state index in [1.807, 2.05) is 52.0 Å². The molecule has 0 spiro atoms. The monoisotopic (exact) mass is 452 g/mol. The molecule has 34 heavy (non-hydrogen) atoms. The van der Waals surface area contributed by atoms with Crippen LogP contribution in [0.25, 0.3) is 16.5 Å². The van der Waals surface area contributed by atoms with Crippen LogP contribution in [-0.4, -0.2) is 50.0 Å². The number of benzene rings is 1. The van der Waals surface area contributed by atoms with Gasteiger partial charge in [-0.15, -0.1) is 0 Å². The van der Waals surface area contributed by atoms with E-state index in [0.29, 0.717) is 12.1 Å². The number of rotatable bonds is 3. The summed E-state index contributed by atoms with van der Waals surface area (Å²) in [6, 6.07) is 13.6. The van der Waals surface area contributed by atoms with Gasteiger partial charge in [-0.3, -0.25) is 4.79 Å². The van der Waals surface area contributed by atoms with Crippen LogP contribution in [0.3, 0.4) is 0 Å². The Labute approximate surface area is 195 Å². The molecule has 2 aliphatic rings. The Bertz CT molecular complexity index is 1490. The van der Waals surface area contributed by atoms with Crippen molar-refractivity contribution in [3.8, 4) is 0 Å². The van der Waals surface area contributed by atoms with E-state index in [9.17, 15) is 4.79 Å². The van der Waals surface area contributed by atoms with E-state index in [1.165, 1.54) is 12.8 Å². The van der Waals surface area contributed by atoms with Crippen molar-refractivity contribution in [3.05, 3.63) is 83.9 Å². The number of carbonyl (C=O) groups is 1. The van der Waals surface area contributed by atoms with Crippen LogP contribution in [-0.2, 0) is 6.42 Å². The summed E-state index contributed by atoms with van der Waals surface area (Å²) < 4.78 is 8.04. The van der Waals surface area contributed by atoms with Crippen molar-refractivity contribution in [1.82, 2.24) is 24.5 Å². The normalized spacial score (nSPS) is 18.2. The highest BCUT2D eigenvalue weighted by Gasteiger charge is 2.37. The number of nitrogens with one attached hydrogen (secondary N) is 1. The number of hydrogen-bond acceptors (Lipinski definition) is 5. The Hall–Kier alpha value is -4.07. The van der Waals surface area contributed by atoms with Gasteiger partial charge in [0, 0.05) is 37.1 Å². The Kier molecular flexibility index (Phi) is 4.27. The number of carbonyl (C=O) groups excluding carboxylic acids is 1. The highest BCUT2D eigenvalue weighted by Crippen LogP contribution is 2.37. The minimum absolute atomic E-state index is 0.0666. The number of nitrogens with zero attached hydrogens (tertiary/aromatic N) is 5. The first kappa shape index (κ1) is 19.4. The summed E-state index contributed by atoms with van der Waals surface area (Å²) in [6.07, 6.45) is 8.55. The van der Waals surface area contributed by atoms with Crippen LogP contribution in [0.1, 0.15) is 46.4 Å². The molecule has 8 heteroatoms. The summed E-state index contributed by atoms with van der Waals surface area (Å²) in [7, 11) is 0. The van der Waals surface area contributed by atoms with Gasteiger partial charge < -0.3 is 19.2 Å². The van der Waals surface area contributed by atoms with E-state index in [-0.39, 0.29) is 5.91 Å². The number of para-hydroxylation sites is 1. The molecule has 8 nitrogen and oxygen atoms in total. The van der Waals surface area contributed by atoms with Gasteiger partial charge in [0.05, 0.1) is 41.2 Å². The van der Waals surface area contributed by atoms with Gasteiger partial charge in [0.15, 0.2) is 0 Å². The molecule has 0 saturated carbocycles. The number of aromatic nitrogens is 4. The molecular weight excluding hydrogens is 428 g/mol. The first-order valence-corrected chi connectivity index (χ1v) is 11.8. The van der Waals surface area contributed by atoms with E-state index in [4.69, 9.17) is 4.42 Å². The molecular formula is C26H24N6O2. The molecule has 7 rings (SSSR count). The summed E-state index contributed by atoms with van der Waals surface area (Å²) in [6.45, 7) is 2.70. The molecule has 6 heterocycles. The Morgan fingerprint density at radius 2 is 1.97 bits per heavy atom. The van der Waals surface area contributed by atoms with Crippen LogP contribution in [0.15, 0.2) is 65.6 Å². The SMILES string of the molecule is O=C(c1cnn2cc(N3CCCC3)ccc12)N1CCc2[nH]cnc2[C@H]1c1cc2ccccc2o1. The number of H-pyrrole nitrogens is 1. The van der Waals surface area contributed by atoms with Crippen LogP contribution < -0.4 is 4.90 Å².